The monoisotopic (exact) mass is 386 g/mol. The Hall–Kier alpha value is -2.28. The lowest BCUT2D eigenvalue weighted by Gasteiger charge is -2.37. The summed E-state index contributed by atoms with van der Waals surface area (Å²) in [7, 11) is 2.09. The Balaban J connectivity index is 1.19. The van der Waals surface area contributed by atoms with Crippen molar-refractivity contribution in [3.8, 4) is 5.75 Å². The lowest BCUT2D eigenvalue weighted by atomic mass is 9.95. The van der Waals surface area contributed by atoms with Crippen molar-refractivity contribution >= 4 is 11.9 Å². The minimum absolute atomic E-state index is 0.00213. The average Bonchev–Trinajstić information content (AvgIpc) is 3.15. The predicted octanol–water partition coefficient (Wildman–Crippen LogP) is 1.19. The lowest BCUT2D eigenvalue weighted by Crippen LogP contribution is -2.52. The van der Waals surface area contributed by atoms with Gasteiger partial charge in [0.25, 0.3) is 0 Å². The molecule has 0 spiro atoms. The minimum Gasteiger partial charge on any atom is -0.488 e. The highest BCUT2D eigenvalue weighted by Gasteiger charge is 2.31. The zero-order valence-corrected chi connectivity index (χ0v) is 16.6. The third-order valence-corrected chi connectivity index (χ3v) is 6.14. The molecule has 7 nitrogen and oxygen atoms in total. The van der Waals surface area contributed by atoms with Gasteiger partial charge < -0.3 is 24.8 Å². The molecular weight excluding hydrogens is 356 g/mol. The van der Waals surface area contributed by atoms with Crippen LogP contribution in [0.5, 0.6) is 5.75 Å². The minimum atomic E-state index is -0.0509. The van der Waals surface area contributed by atoms with Gasteiger partial charge in [0.2, 0.25) is 5.91 Å². The number of piperazine rings is 1. The smallest absolute Gasteiger partial charge is 0.317 e. The third-order valence-electron chi connectivity index (χ3n) is 6.14. The number of hydrogen-bond acceptors (Lipinski definition) is 4. The number of piperidine rings is 1. The fourth-order valence-electron chi connectivity index (χ4n) is 4.30. The Morgan fingerprint density at radius 1 is 1.04 bits per heavy atom. The summed E-state index contributed by atoms with van der Waals surface area (Å²) in [6.07, 6.45) is 2.34. The second kappa shape index (κ2) is 8.39. The average molecular weight is 386 g/mol. The number of urea groups is 1. The summed E-state index contributed by atoms with van der Waals surface area (Å²) in [5.41, 5.74) is 1.20. The molecule has 0 aromatic heterocycles. The van der Waals surface area contributed by atoms with E-state index in [4.69, 9.17) is 4.74 Å². The molecule has 2 saturated heterocycles. The first-order valence-corrected chi connectivity index (χ1v) is 10.3. The first kappa shape index (κ1) is 19.1. The number of nitrogens with zero attached hydrogens (tertiary/aromatic N) is 3. The van der Waals surface area contributed by atoms with Crippen LogP contribution in [0.2, 0.25) is 0 Å². The van der Waals surface area contributed by atoms with Crippen LogP contribution in [-0.2, 0) is 11.2 Å². The SMILES string of the molecule is CN1CCN(C(=O)C2CCN(C(=O)NCC3Cc4ccccc4O3)CC2)CC1. The van der Waals surface area contributed by atoms with Crippen molar-refractivity contribution in [1.29, 1.82) is 0 Å². The number of nitrogens with one attached hydrogen (secondary N) is 1. The third kappa shape index (κ3) is 4.24. The predicted molar refractivity (Wildman–Crippen MR) is 106 cm³/mol. The quantitative estimate of drug-likeness (QED) is 0.848. The van der Waals surface area contributed by atoms with Crippen molar-refractivity contribution in [2.45, 2.75) is 25.4 Å². The second-order valence-electron chi connectivity index (χ2n) is 8.13. The first-order valence-electron chi connectivity index (χ1n) is 10.3. The molecule has 28 heavy (non-hydrogen) atoms. The highest BCUT2D eigenvalue weighted by atomic mass is 16.5. The maximum absolute atomic E-state index is 12.7. The normalized spacial score (nSPS) is 23.2. The van der Waals surface area contributed by atoms with Gasteiger partial charge in [0.1, 0.15) is 11.9 Å². The summed E-state index contributed by atoms with van der Waals surface area (Å²) in [4.78, 5) is 31.3. The van der Waals surface area contributed by atoms with Crippen LogP contribution in [0.3, 0.4) is 0 Å². The summed E-state index contributed by atoms with van der Waals surface area (Å²) < 4.78 is 5.88. The molecule has 0 saturated carbocycles. The van der Waals surface area contributed by atoms with E-state index in [0.29, 0.717) is 19.6 Å². The number of hydrogen-bond donors (Lipinski definition) is 1. The number of amides is 3. The number of ether oxygens (including phenoxy) is 1. The van der Waals surface area contributed by atoms with Gasteiger partial charge in [0.15, 0.2) is 0 Å². The molecule has 1 aromatic carbocycles. The van der Waals surface area contributed by atoms with Gasteiger partial charge in [-0.2, -0.15) is 0 Å². The van der Waals surface area contributed by atoms with Crippen LogP contribution in [0.15, 0.2) is 24.3 Å². The van der Waals surface area contributed by atoms with E-state index in [2.05, 4.69) is 23.3 Å². The highest BCUT2D eigenvalue weighted by molar-refractivity contribution is 5.80. The molecule has 3 aliphatic rings. The van der Waals surface area contributed by atoms with Gasteiger partial charge in [-0.05, 0) is 31.5 Å². The number of para-hydroxylation sites is 1. The number of benzene rings is 1. The van der Waals surface area contributed by atoms with E-state index in [-0.39, 0.29) is 24.0 Å². The van der Waals surface area contributed by atoms with Crippen molar-refractivity contribution in [3.63, 3.8) is 0 Å². The summed E-state index contributed by atoms with van der Waals surface area (Å²) in [6, 6.07) is 7.97. The maximum atomic E-state index is 12.7. The Morgan fingerprint density at radius 3 is 2.46 bits per heavy atom. The van der Waals surface area contributed by atoms with Gasteiger partial charge in [0.05, 0.1) is 6.54 Å². The van der Waals surface area contributed by atoms with Crippen LogP contribution < -0.4 is 10.1 Å². The molecule has 152 valence electrons. The molecule has 0 radical (unpaired) electrons. The van der Waals surface area contributed by atoms with Crippen molar-refractivity contribution in [1.82, 2.24) is 20.0 Å². The molecular formula is C21H30N4O3. The van der Waals surface area contributed by atoms with E-state index in [1.807, 2.05) is 28.0 Å². The largest absolute Gasteiger partial charge is 0.488 e. The molecule has 1 atom stereocenters. The van der Waals surface area contributed by atoms with Crippen molar-refractivity contribution < 1.29 is 14.3 Å². The van der Waals surface area contributed by atoms with E-state index in [9.17, 15) is 9.59 Å². The maximum Gasteiger partial charge on any atom is 0.317 e. The molecule has 0 bridgehead atoms. The fraction of sp³-hybridized carbons (Fsp3) is 0.619. The van der Waals surface area contributed by atoms with Crippen molar-refractivity contribution in [2.24, 2.45) is 5.92 Å². The molecule has 3 aliphatic heterocycles. The second-order valence-corrected chi connectivity index (χ2v) is 8.13. The molecule has 1 unspecified atom stereocenters. The van der Waals surface area contributed by atoms with Gasteiger partial charge in [-0.1, -0.05) is 18.2 Å². The standard InChI is InChI=1S/C21H30N4O3/c1-23-10-12-24(13-11-23)20(26)16-6-8-25(9-7-16)21(27)22-15-18-14-17-4-2-3-5-19(17)28-18/h2-5,16,18H,6-15H2,1H3,(H,22,27). The van der Waals surface area contributed by atoms with E-state index in [0.717, 1.165) is 51.2 Å². The van der Waals surface area contributed by atoms with Crippen LogP contribution in [-0.4, -0.2) is 85.6 Å². The fourth-order valence-corrected chi connectivity index (χ4v) is 4.30. The first-order chi connectivity index (χ1) is 13.6. The highest BCUT2D eigenvalue weighted by Crippen LogP contribution is 2.27. The topological polar surface area (TPSA) is 65.1 Å². The van der Waals surface area contributed by atoms with Gasteiger partial charge >= 0.3 is 6.03 Å². The Labute approximate surface area is 166 Å². The Morgan fingerprint density at radius 2 is 1.75 bits per heavy atom. The van der Waals surface area contributed by atoms with Crippen molar-refractivity contribution in [3.05, 3.63) is 29.8 Å². The summed E-state index contributed by atoms with van der Waals surface area (Å²) >= 11 is 0. The van der Waals surface area contributed by atoms with Gasteiger partial charge in [-0.3, -0.25) is 4.79 Å². The molecule has 4 rings (SSSR count). The van der Waals surface area contributed by atoms with Gasteiger partial charge in [-0.25, -0.2) is 4.79 Å². The molecule has 3 amide bonds. The van der Waals surface area contributed by atoms with Crippen LogP contribution in [0.1, 0.15) is 18.4 Å². The Kier molecular flexibility index (Phi) is 5.71. The molecule has 1 N–H and O–H groups in total. The number of likely N-dealkylation sites (N-methyl/N-ethyl adjacent to an activating group) is 1. The van der Waals surface area contributed by atoms with Gasteiger partial charge in [0, 0.05) is 51.6 Å². The number of carbonyl (C=O) groups excluding carboxylic acids is 2. The van der Waals surface area contributed by atoms with Crippen LogP contribution in [0, 0.1) is 5.92 Å². The summed E-state index contributed by atoms with van der Waals surface area (Å²) in [6.45, 7) is 5.32. The molecule has 1 aromatic rings. The lowest BCUT2D eigenvalue weighted by molar-refractivity contribution is -0.138. The molecule has 3 heterocycles. The van der Waals surface area contributed by atoms with Crippen LogP contribution in [0.4, 0.5) is 4.79 Å². The van der Waals surface area contributed by atoms with E-state index in [1.165, 1.54) is 5.56 Å². The van der Waals surface area contributed by atoms with Crippen LogP contribution >= 0.6 is 0 Å². The molecule has 0 aliphatic carbocycles. The molecule has 7 heteroatoms. The zero-order valence-electron chi connectivity index (χ0n) is 16.6. The Bertz CT molecular complexity index is 684. The van der Waals surface area contributed by atoms with E-state index >= 15 is 0 Å². The van der Waals surface area contributed by atoms with E-state index in [1.54, 1.807) is 0 Å². The number of fused-ring (bicyclic) bond motifs is 1. The zero-order chi connectivity index (χ0) is 19.5. The summed E-state index contributed by atoms with van der Waals surface area (Å²) in [5.74, 6) is 1.25. The summed E-state index contributed by atoms with van der Waals surface area (Å²) in [5, 5.41) is 3.00. The number of likely N-dealkylation sites (tertiary alicyclic amines) is 1. The number of rotatable bonds is 3. The number of carbonyl (C=O) groups is 2. The van der Waals surface area contributed by atoms with E-state index < -0.39 is 0 Å². The van der Waals surface area contributed by atoms with Crippen molar-refractivity contribution in [2.75, 3.05) is 52.9 Å². The van der Waals surface area contributed by atoms with Crippen LogP contribution in [0.25, 0.3) is 0 Å². The van der Waals surface area contributed by atoms with Gasteiger partial charge in [-0.15, -0.1) is 0 Å². The molecule has 2 fully saturated rings.